The smallest absolute Gasteiger partial charge is 0.0803 e. The van der Waals surface area contributed by atoms with Gasteiger partial charge in [0.1, 0.15) is 0 Å². The second kappa shape index (κ2) is 4.03. The number of allylic oxidation sites excluding steroid dienone is 3. The van der Waals surface area contributed by atoms with Gasteiger partial charge in [-0.15, -0.1) is 0 Å². The van der Waals surface area contributed by atoms with Gasteiger partial charge in [0.05, 0.1) is 5.60 Å². The van der Waals surface area contributed by atoms with Gasteiger partial charge in [-0.1, -0.05) is 18.6 Å². The van der Waals surface area contributed by atoms with Crippen LogP contribution in [0.15, 0.2) is 22.8 Å². The Morgan fingerprint density at radius 3 is 2.56 bits per heavy atom. The molecule has 0 aromatic rings. The van der Waals surface area contributed by atoms with Crippen molar-refractivity contribution in [2.45, 2.75) is 59.0 Å². The van der Waals surface area contributed by atoms with Gasteiger partial charge in [-0.2, -0.15) is 0 Å². The first-order chi connectivity index (χ1) is 7.39. The number of hydrogen-bond acceptors (Lipinski definition) is 1. The number of fused-ring (bicyclic) bond motifs is 1. The summed E-state index contributed by atoms with van der Waals surface area (Å²) in [5.41, 5.74) is 3.64. The summed E-state index contributed by atoms with van der Waals surface area (Å²) in [4.78, 5) is 0. The standard InChI is InChI=1S/C15H24O/c1-10-5-7-12(15(3,4)16)9-14-11(2)6-8-13(10)14/h9-10,13,16H,5-8H2,1-4H3/t10-,13-/m0/s1. The molecule has 1 N–H and O–H groups in total. The Morgan fingerprint density at radius 2 is 1.94 bits per heavy atom. The zero-order valence-corrected chi connectivity index (χ0v) is 11.0. The maximum atomic E-state index is 10.2. The van der Waals surface area contributed by atoms with Crippen LogP contribution in [0.4, 0.5) is 0 Å². The van der Waals surface area contributed by atoms with Gasteiger partial charge in [0.2, 0.25) is 0 Å². The molecular formula is C15H24O. The summed E-state index contributed by atoms with van der Waals surface area (Å²) in [6, 6.07) is 0. The van der Waals surface area contributed by atoms with Crippen molar-refractivity contribution in [1.82, 2.24) is 0 Å². The van der Waals surface area contributed by atoms with Crippen molar-refractivity contribution in [3.05, 3.63) is 22.8 Å². The van der Waals surface area contributed by atoms with Crippen LogP contribution >= 0.6 is 0 Å². The molecule has 0 aliphatic heterocycles. The normalized spacial score (nSPS) is 31.2. The maximum Gasteiger partial charge on any atom is 0.0803 e. The molecule has 1 heteroatoms. The first kappa shape index (κ1) is 11.9. The lowest BCUT2D eigenvalue weighted by molar-refractivity contribution is 0.115. The minimum Gasteiger partial charge on any atom is -0.386 e. The SMILES string of the molecule is CC1=C2C=C(C(C)(C)O)CC[C@H](C)[C@@H]2CC1. The zero-order valence-electron chi connectivity index (χ0n) is 11.0. The first-order valence-corrected chi connectivity index (χ1v) is 6.52. The van der Waals surface area contributed by atoms with Gasteiger partial charge in [0.15, 0.2) is 0 Å². The summed E-state index contributed by atoms with van der Waals surface area (Å²) in [5.74, 6) is 1.52. The van der Waals surface area contributed by atoms with E-state index >= 15 is 0 Å². The fourth-order valence-corrected chi connectivity index (χ4v) is 3.14. The molecule has 0 saturated heterocycles. The highest BCUT2D eigenvalue weighted by Crippen LogP contribution is 2.43. The van der Waals surface area contributed by atoms with Gasteiger partial charge in [-0.3, -0.25) is 0 Å². The van der Waals surface area contributed by atoms with Crippen LogP contribution < -0.4 is 0 Å². The Balaban J connectivity index is 2.38. The van der Waals surface area contributed by atoms with Crippen LogP contribution in [-0.4, -0.2) is 10.7 Å². The molecule has 1 nitrogen and oxygen atoms in total. The first-order valence-electron chi connectivity index (χ1n) is 6.52. The van der Waals surface area contributed by atoms with Gasteiger partial charge < -0.3 is 5.11 Å². The third kappa shape index (κ3) is 2.10. The van der Waals surface area contributed by atoms with Gasteiger partial charge in [0.25, 0.3) is 0 Å². The topological polar surface area (TPSA) is 20.2 Å². The van der Waals surface area contributed by atoms with E-state index in [0.717, 1.165) is 18.3 Å². The molecule has 2 rings (SSSR count). The molecule has 2 aliphatic rings. The fourth-order valence-electron chi connectivity index (χ4n) is 3.14. The molecule has 2 atom stereocenters. The van der Waals surface area contributed by atoms with Gasteiger partial charge in [-0.25, -0.2) is 0 Å². The van der Waals surface area contributed by atoms with Crippen molar-refractivity contribution < 1.29 is 5.11 Å². The lowest BCUT2D eigenvalue weighted by atomic mass is 9.87. The molecule has 0 aromatic carbocycles. The predicted molar refractivity (Wildman–Crippen MR) is 68.2 cm³/mol. The van der Waals surface area contributed by atoms with Crippen molar-refractivity contribution >= 4 is 0 Å². The summed E-state index contributed by atoms with van der Waals surface area (Å²) in [5, 5.41) is 10.2. The summed E-state index contributed by atoms with van der Waals surface area (Å²) < 4.78 is 0. The third-order valence-electron chi connectivity index (χ3n) is 4.39. The van der Waals surface area contributed by atoms with Gasteiger partial charge >= 0.3 is 0 Å². The molecule has 0 bridgehead atoms. The molecule has 0 heterocycles. The average Bonchev–Trinajstić information content (AvgIpc) is 2.42. The van der Waals surface area contributed by atoms with Crippen LogP contribution in [-0.2, 0) is 0 Å². The molecular weight excluding hydrogens is 196 g/mol. The van der Waals surface area contributed by atoms with Crippen molar-refractivity contribution in [2.24, 2.45) is 11.8 Å². The minimum absolute atomic E-state index is 0.648. The second-order valence-corrected chi connectivity index (χ2v) is 6.13. The Kier molecular flexibility index (Phi) is 3.00. The molecule has 0 spiro atoms. The highest BCUT2D eigenvalue weighted by molar-refractivity contribution is 5.38. The van der Waals surface area contributed by atoms with E-state index in [4.69, 9.17) is 0 Å². The Hall–Kier alpha value is -0.560. The van der Waals surface area contributed by atoms with Gasteiger partial charge in [-0.05, 0) is 69.4 Å². The lowest BCUT2D eigenvalue weighted by Crippen LogP contribution is -2.21. The van der Waals surface area contributed by atoms with E-state index in [9.17, 15) is 5.11 Å². The van der Waals surface area contributed by atoms with E-state index in [1.165, 1.54) is 30.4 Å². The molecule has 90 valence electrons. The van der Waals surface area contributed by atoms with Crippen molar-refractivity contribution in [3.8, 4) is 0 Å². The Bertz CT molecular complexity index is 341. The van der Waals surface area contributed by atoms with Crippen molar-refractivity contribution in [1.29, 1.82) is 0 Å². The molecule has 0 unspecified atom stereocenters. The third-order valence-corrected chi connectivity index (χ3v) is 4.39. The van der Waals surface area contributed by atoms with E-state index < -0.39 is 5.60 Å². The molecule has 16 heavy (non-hydrogen) atoms. The van der Waals surface area contributed by atoms with Crippen LogP contribution in [0.25, 0.3) is 0 Å². The molecule has 0 amide bonds. The average molecular weight is 220 g/mol. The van der Waals surface area contributed by atoms with E-state index in [0.29, 0.717) is 0 Å². The number of rotatable bonds is 1. The van der Waals surface area contributed by atoms with E-state index in [-0.39, 0.29) is 0 Å². The summed E-state index contributed by atoms with van der Waals surface area (Å²) in [6.07, 6.45) is 7.14. The zero-order chi connectivity index (χ0) is 11.9. The number of hydrogen-bond donors (Lipinski definition) is 1. The molecule has 0 radical (unpaired) electrons. The van der Waals surface area contributed by atoms with E-state index in [1.54, 1.807) is 5.57 Å². The molecule has 0 fully saturated rings. The summed E-state index contributed by atoms with van der Waals surface area (Å²) in [7, 11) is 0. The quantitative estimate of drug-likeness (QED) is 0.712. The summed E-state index contributed by atoms with van der Waals surface area (Å²) >= 11 is 0. The van der Waals surface area contributed by atoms with Crippen molar-refractivity contribution in [3.63, 3.8) is 0 Å². The predicted octanol–water partition coefficient (Wildman–Crippen LogP) is 3.84. The number of aliphatic hydroxyl groups is 1. The Labute approximate surface area is 99.3 Å². The van der Waals surface area contributed by atoms with E-state index in [1.807, 2.05) is 13.8 Å². The molecule has 0 aromatic heterocycles. The fraction of sp³-hybridized carbons (Fsp3) is 0.733. The maximum absolute atomic E-state index is 10.2. The largest absolute Gasteiger partial charge is 0.386 e. The van der Waals surface area contributed by atoms with Crippen molar-refractivity contribution in [2.75, 3.05) is 0 Å². The van der Waals surface area contributed by atoms with Crippen LogP contribution in [0, 0.1) is 11.8 Å². The second-order valence-electron chi connectivity index (χ2n) is 6.13. The highest BCUT2D eigenvalue weighted by Gasteiger charge is 2.32. The van der Waals surface area contributed by atoms with Gasteiger partial charge in [0, 0.05) is 0 Å². The van der Waals surface area contributed by atoms with Crippen LogP contribution in [0.3, 0.4) is 0 Å². The summed E-state index contributed by atoms with van der Waals surface area (Å²) in [6.45, 7) is 8.44. The minimum atomic E-state index is -0.648. The van der Waals surface area contributed by atoms with Crippen LogP contribution in [0.2, 0.25) is 0 Å². The van der Waals surface area contributed by atoms with E-state index in [2.05, 4.69) is 19.9 Å². The monoisotopic (exact) mass is 220 g/mol. The Morgan fingerprint density at radius 1 is 1.25 bits per heavy atom. The van der Waals surface area contributed by atoms with Crippen LogP contribution in [0.1, 0.15) is 53.4 Å². The van der Waals surface area contributed by atoms with Crippen LogP contribution in [0.5, 0.6) is 0 Å². The molecule has 2 aliphatic carbocycles. The molecule has 0 saturated carbocycles. The lowest BCUT2D eigenvalue weighted by Gasteiger charge is -2.21. The highest BCUT2D eigenvalue weighted by atomic mass is 16.3.